The first-order chi connectivity index (χ1) is 3.31. The minimum atomic E-state index is -0.325. The van der Waals surface area contributed by atoms with E-state index < -0.39 is 0 Å². The molecule has 0 aromatic rings. The largest absolute Gasteiger partial charge is 0.289 e. The monoisotopic (exact) mass is 215 g/mol. The van der Waals surface area contributed by atoms with Crippen molar-refractivity contribution in [2.75, 3.05) is 4.43 Å². The summed E-state index contributed by atoms with van der Waals surface area (Å²) in [5.41, 5.74) is 1.52. The zero-order valence-electron chi connectivity index (χ0n) is 3.65. The topological polar surface area (TPSA) is 49.3 Å². The van der Waals surface area contributed by atoms with Gasteiger partial charge in [-0.3, -0.25) is 10.0 Å². The third-order valence-corrected chi connectivity index (χ3v) is 0.986. The Morgan fingerprint density at radius 3 is 2.57 bits per heavy atom. The summed E-state index contributed by atoms with van der Waals surface area (Å²) in [4.78, 5) is 10.0. The fourth-order valence-electron chi connectivity index (χ4n) is 0.142. The number of hydroxylamine groups is 1. The third-order valence-electron chi connectivity index (χ3n) is 0.446. The summed E-state index contributed by atoms with van der Waals surface area (Å²) in [7, 11) is 0. The van der Waals surface area contributed by atoms with Gasteiger partial charge in [-0.25, -0.2) is 5.48 Å². The van der Waals surface area contributed by atoms with Gasteiger partial charge >= 0.3 is 0 Å². The van der Waals surface area contributed by atoms with Crippen molar-refractivity contribution in [2.45, 2.75) is 6.42 Å². The molecule has 0 aliphatic carbocycles. The van der Waals surface area contributed by atoms with Crippen molar-refractivity contribution in [3.63, 3.8) is 0 Å². The lowest BCUT2D eigenvalue weighted by molar-refractivity contribution is -0.128. The molecule has 0 radical (unpaired) electrons. The Balaban J connectivity index is 3.00. The highest BCUT2D eigenvalue weighted by Gasteiger charge is 1.92. The van der Waals surface area contributed by atoms with Gasteiger partial charge in [-0.15, -0.1) is 0 Å². The molecule has 0 atom stereocenters. The van der Waals surface area contributed by atoms with Gasteiger partial charge in [-0.2, -0.15) is 0 Å². The first-order valence-electron chi connectivity index (χ1n) is 1.80. The molecule has 2 N–H and O–H groups in total. The smallest absolute Gasteiger partial charge is 0.244 e. The van der Waals surface area contributed by atoms with Gasteiger partial charge in [0.05, 0.1) is 0 Å². The van der Waals surface area contributed by atoms with E-state index in [2.05, 4.69) is 22.6 Å². The number of nitrogens with one attached hydrogen (secondary N) is 1. The van der Waals surface area contributed by atoms with Crippen molar-refractivity contribution in [3.8, 4) is 0 Å². The minimum absolute atomic E-state index is 0.325. The summed E-state index contributed by atoms with van der Waals surface area (Å²) in [5, 5.41) is 7.86. The number of hydrogen-bond acceptors (Lipinski definition) is 2. The molecule has 1 amide bonds. The second kappa shape index (κ2) is 4.32. The van der Waals surface area contributed by atoms with E-state index in [1.54, 1.807) is 0 Å². The summed E-state index contributed by atoms with van der Waals surface area (Å²) < 4.78 is 0.740. The lowest BCUT2D eigenvalue weighted by Crippen LogP contribution is -2.18. The Bertz CT molecular complexity index is 66.0. The standard InChI is InChI=1S/C3H6INO2/c4-2-1-3(6)5-7/h7H,1-2H2,(H,5,6). The minimum Gasteiger partial charge on any atom is -0.289 e. The van der Waals surface area contributed by atoms with Crippen LogP contribution in [0.4, 0.5) is 0 Å². The Kier molecular flexibility index (Phi) is 4.42. The van der Waals surface area contributed by atoms with Crippen molar-refractivity contribution in [3.05, 3.63) is 0 Å². The van der Waals surface area contributed by atoms with Crippen LogP contribution in [0.1, 0.15) is 6.42 Å². The number of halogens is 1. The Labute approximate surface area is 55.2 Å². The zero-order valence-corrected chi connectivity index (χ0v) is 5.81. The number of alkyl halides is 1. The van der Waals surface area contributed by atoms with Crippen molar-refractivity contribution in [2.24, 2.45) is 0 Å². The molecule has 0 fully saturated rings. The lowest BCUT2D eigenvalue weighted by Gasteiger charge is -1.89. The van der Waals surface area contributed by atoms with E-state index in [0.717, 1.165) is 4.43 Å². The summed E-state index contributed by atoms with van der Waals surface area (Å²) in [6.07, 6.45) is 0.386. The fourth-order valence-corrected chi connectivity index (χ4v) is 0.632. The van der Waals surface area contributed by atoms with Crippen molar-refractivity contribution in [1.29, 1.82) is 0 Å². The molecule has 0 saturated heterocycles. The molecule has 3 nitrogen and oxygen atoms in total. The van der Waals surface area contributed by atoms with Gasteiger partial charge in [0.25, 0.3) is 0 Å². The molecule has 0 aliphatic heterocycles. The van der Waals surface area contributed by atoms with Crippen LogP contribution in [0.25, 0.3) is 0 Å². The lowest BCUT2D eigenvalue weighted by atomic mass is 10.5. The Morgan fingerprint density at radius 1 is 1.86 bits per heavy atom. The van der Waals surface area contributed by atoms with Crippen LogP contribution in [0.2, 0.25) is 0 Å². The highest BCUT2D eigenvalue weighted by Crippen LogP contribution is 1.85. The Morgan fingerprint density at radius 2 is 2.43 bits per heavy atom. The summed E-state index contributed by atoms with van der Waals surface area (Å²) in [5.74, 6) is -0.325. The predicted octanol–water partition coefficient (Wildman–Crippen LogP) is 0.317. The summed E-state index contributed by atoms with van der Waals surface area (Å²) >= 11 is 2.05. The molecular formula is C3H6INO2. The number of carbonyl (C=O) groups excluding carboxylic acids is 1. The fraction of sp³-hybridized carbons (Fsp3) is 0.667. The second-order valence-corrected chi connectivity index (χ2v) is 2.05. The normalized spacial score (nSPS) is 8.29. The van der Waals surface area contributed by atoms with E-state index in [9.17, 15) is 4.79 Å². The highest BCUT2D eigenvalue weighted by molar-refractivity contribution is 14.1. The molecule has 0 aromatic heterocycles. The summed E-state index contributed by atoms with van der Waals surface area (Å²) in [6, 6.07) is 0. The molecule has 0 bridgehead atoms. The van der Waals surface area contributed by atoms with Gasteiger partial charge in [-0.05, 0) is 0 Å². The summed E-state index contributed by atoms with van der Waals surface area (Å²) in [6.45, 7) is 0. The van der Waals surface area contributed by atoms with Crippen LogP contribution in [-0.2, 0) is 4.79 Å². The molecular weight excluding hydrogens is 209 g/mol. The molecule has 42 valence electrons. The van der Waals surface area contributed by atoms with E-state index in [-0.39, 0.29) is 5.91 Å². The second-order valence-electron chi connectivity index (χ2n) is 0.974. The maximum absolute atomic E-state index is 10.0. The Hall–Kier alpha value is 0.160. The maximum Gasteiger partial charge on any atom is 0.244 e. The van der Waals surface area contributed by atoms with Gasteiger partial charge in [0.15, 0.2) is 0 Å². The highest BCUT2D eigenvalue weighted by atomic mass is 127. The quantitative estimate of drug-likeness (QED) is 0.301. The SMILES string of the molecule is O=C(CCI)NO. The van der Waals surface area contributed by atoms with Crippen LogP contribution in [0.15, 0.2) is 0 Å². The van der Waals surface area contributed by atoms with Crippen LogP contribution >= 0.6 is 22.6 Å². The maximum atomic E-state index is 10.0. The number of hydrogen-bond donors (Lipinski definition) is 2. The van der Waals surface area contributed by atoms with E-state index in [1.165, 1.54) is 5.48 Å². The first-order valence-corrected chi connectivity index (χ1v) is 3.32. The molecule has 0 rings (SSSR count). The van der Waals surface area contributed by atoms with E-state index >= 15 is 0 Å². The van der Waals surface area contributed by atoms with Gasteiger partial charge in [0.1, 0.15) is 0 Å². The van der Waals surface area contributed by atoms with Gasteiger partial charge in [0.2, 0.25) is 5.91 Å². The molecule has 0 aliphatic rings. The van der Waals surface area contributed by atoms with Crippen molar-refractivity contribution >= 4 is 28.5 Å². The molecule has 0 heterocycles. The first kappa shape index (κ1) is 7.16. The van der Waals surface area contributed by atoms with Crippen LogP contribution in [0.5, 0.6) is 0 Å². The zero-order chi connectivity index (χ0) is 5.70. The van der Waals surface area contributed by atoms with E-state index in [0.29, 0.717) is 6.42 Å². The molecule has 0 unspecified atom stereocenters. The molecule has 0 saturated carbocycles. The van der Waals surface area contributed by atoms with E-state index in [4.69, 9.17) is 5.21 Å². The van der Waals surface area contributed by atoms with Gasteiger partial charge in [-0.1, -0.05) is 22.6 Å². The van der Waals surface area contributed by atoms with Crippen LogP contribution in [-0.4, -0.2) is 15.5 Å². The van der Waals surface area contributed by atoms with Crippen molar-refractivity contribution in [1.82, 2.24) is 5.48 Å². The van der Waals surface area contributed by atoms with Crippen LogP contribution in [0.3, 0.4) is 0 Å². The van der Waals surface area contributed by atoms with E-state index in [1.807, 2.05) is 0 Å². The number of rotatable bonds is 2. The van der Waals surface area contributed by atoms with Gasteiger partial charge < -0.3 is 0 Å². The number of carbonyl (C=O) groups is 1. The third kappa shape index (κ3) is 4.00. The molecule has 0 aromatic carbocycles. The van der Waals surface area contributed by atoms with Crippen molar-refractivity contribution < 1.29 is 10.0 Å². The molecule has 7 heavy (non-hydrogen) atoms. The van der Waals surface area contributed by atoms with Gasteiger partial charge in [0, 0.05) is 10.8 Å². The average molecular weight is 215 g/mol. The molecule has 0 spiro atoms. The van der Waals surface area contributed by atoms with Crippen LogP contribution in [0, 0.1) is 0 Å². The van der Waals surface area contributed by atoms with Crippen LogP contribution < -0.4 is 5.48 Å². The number of amides is 1. The molecule has 4 heteroatoms. The average Bonchev–Trinajstić information content (AvgIpc) is 1.68. The predicted molar refractivity (Wildman–Crippen MR) is 33.4 cm³/mol.